The summed E-state index contributed by atoms with van der Waals surface area (Å²) in [5.74, 6) is 0. The van der Waals surface area contributed by atoms with E-state index in [0.29, 0.717) is 6.54 Å². The molecule has 1 unspecified atom stereocenters. The maximum atomic E-state index is 12.8. The number of hydrogen-bond donors (Lipinski definition) is 0. The van der Waals surface area contributed by atoms with Gasteiger partial charge in [-0.15, -0.1) is 0 Å². The molecule has 2 aromatic rings. The van der Waals surface area contributed by atoms with Gasteiger partial charge in [-0.25, -0.2) is 0 Å². The Morgan fingerprint density at radius 3 is 2.43 bits per heavy atom. The molecule has 3 rings (SSSR count). The molecule has 23 heavy (non-hydrogen) atoms. The third-order valence-electron chi connectivity index (χ3n) is 4.36. The summed E-state index contributed by atoms with van der Waals surface area (Å²) in [4.78, 5) is 0. The fraction of sp³-hybridized carbons (Fsp3) is 0.333. The fourth-order valence-corrected chi connectivity index (χ4v) is 4.42. The zero-order valence-corrected chi connectivity index (χ0v) is 14.5. The number of benzene rings is 2. The number of fused-ring (bicyclic) bond motifs is 1. The van der Waals surface area contributed by atoms with Crippen molar-refractivity contribution < 1.29 is 8.42 Å². The minimum absolute atomic E-state index is 0.270. The van der Waals surface area contributed by atoms with Gasteiger partial charge in [0.2, 0.25) is 0 Å². The van der Waals surface area contributed by atoms with Crippen LogP contribution in [0.3, 0.4) is 0 Å². The van der Waals surface area contributed by atoms with E-state index in [0.717, 1.165) is 17.5 Å². The Morgan fingerprint density at radius 1 is 1.09 bits per heavy atom. The van der Waals surface area contributed by atoms with Gasteiger partial charge in [-0.3, -0.25) is 0 Å². The van der Waals surface area contributed by atoms with Crippen LogP contribution in [0.1, 0.15) is 28.3 Å². The highest BCUT2D eigenvalue weighted by Crippen LogP contribution is 2.37. The maximum Gasteiger partial charge on any atom is 0.282 e. The van der Waals surface area contributed by atoms with E-state index in [9.17, 15) is 8.42 Å². The SMILES string of the molecule is Cc1ccc2c(c1)CCN(S(=O)(=O)N(C)C)C2c1ccccc1. The van der Waals surface area contributed by atoms with Crippen LogP contribution in [-0.2, 0) is 16.6 Å². The quantitative estimate of drug-likeness (QED) is 0.868. The standard InChI is InChI=1S/C18H22N2O2S/c1-14-9-10-17-16(13-14)11-12-20(23(21,22)19(2)3)18(17)15-7-5-4-6-8-15/h4-10,13,18H,11-12H2,1-3H3. The summed E-state index contributed by atoms with van der Waals surface area (Å²) >= 11 is 0. The summed E-state index contributed by atoms with van der Waals surface area (Å²) < 4.78 is 28.5. The van der Waals surface area contributed by atoms with Gasteiger partial charge in [0.05, 0.1) is 6.04 Å². The summed E-state index contributed by atoms with van der Waals surface area (Å²) in [5, 5.41) is 0. The summed E-state index contributed by atoms with van der Waals surface area (Å²) in [6.07, 6.45) is 0.743. The zero-order chi connectivity index (χ0) is 16.6. The lowest BCUT2D eigenvalue weighted by Gasteiger charge is -2.38. The largest absolute Gasteiger partial charge is 0.282 e. The normalized spacial score (nSPS) is 18.9. The molecule has 1 atom stereocenters. The van der Waals surface area contributed by atoms with Crippen LogP contribution in [0.2, 0.25) is 0 Å². The molecule has 1 heterocycles. The molecule has 2 aromatic carbocycles. The van der Waals surface area contributed by atoms with Crippen LogP contribution in [0, 0.1) is 6.92 Å². The van der Waals surface area contributed by atoms with Crippen molar-refractivity contribution in [1.82, 2.24) is 8.61 Å². The van der Waals surface area contributed by atoms with E-state index in [1.807, 2.05) is 30.3 Å². The van der Waals surface area contributed by atoms with Crippen LogP contribution in [0.25, 0.3) is 0 Å². The predicted molar refractivity (Wildman–Crippen MR) is 92.5 cm³/mol. The van der Waals surface area contributed by atoms with Crippen molar-refractivity contribution in [2.45, 2.75) is 19.4 Å². The summed E-state index contributed by atoms with van der Waals surface area (Å²) in [6, 6.07) is 15.9. The molecular weight excluding hydrogens is 308 g/mol. The highest BCUT2D eigenvalue weighted by atomic mass is 32.2. The predicted octanol–water partition coefficient (Wildman–Crippen LogP) is 2.75. The smallest absolute Gasteiger partial charge is 0.195 e. The fourth-order valence-electron chi connectivity index (χ4n) is 3.17. The first-order valence-corrected chi connectivity index (χ1v) is 9.14. The zero-order valence-electron chi connectivity index (χ0n) is 13.7. The second-order valence-electron chi connectivity index (χ2n) is 6.17. The molecule has 0 aliphatic carbocycles. The van der Waals surface area contributed by atoms with Gasteiger partial charge in [-0.1, -0.05) is 54.1 Å². The molecule has 1 aliphatic rings. The lowest BCUT2D eigenvalue weighted by Crippen LogP contribution is -2.46. The van der Waals surface area contributed by atoms with E-state index in [1.54, 1.807) is 18.4 Å². The van der Waals surface area contributed by atoms with E-state index < -0.39 is 10.2 Å². The first-order chi connectivity index (χ1) is 10.9. The molecule has 0 saturated carbocycles. The molecule has 5 heteroatoms. The van der Waals surface area contributed by atoms with Crippen molar-refractivity contribution >= 4 is 10.2 Å². The van der Waals surface area contributed by atoms with Crippen LogP contribution in [-0.4, -0.2) is 37.7 Å². The van der Waals surface area contributed by atoms with Crippen molar-refractivity contribution in [3.63, 3.8) is 0 Å². The van der Waals surface area contributed by atoms with E-state index in [-0.39, 0.29) is 6.04 Å². The molecule has 0 aromatic heterocycles. The second kappa shape index (κ2) is 6.07. The second-order valence-corrected chi connectivity index (χ2v) is 8.26. The Labute approximate surface area is 138 Å². The summed E-state index contributed by atoms with van der Waals surface area (Å²) in [6.45, 7) is 2.57. The van der Waals surface area contributed by atoms with Crippen molar-refractivity contribution in [3.05, 3.63) is 70.8 Å². The molecule has 4 nitrogen and oxygen atoms in total. The third-order valence-corrected chi connectivity index (χ3v) is 6.26. The molecule has 0 amide bonds. The minimum Gasteiger partial charge on any atom is -0.195 e. The Morgan fingerprint density at radius 2 is 1.78 bits per heavy atom. The van der Waals surface area contributed by atoms with Gasteiger partial charge in [0, 0.05) is 20.6 Å². The van der Waals surface area contributed by atoms with Crippen LogP contribution < -0.4 is 0 Å². The lowest BCUT2D eigenvalue weighted by atomic mass is 9.89. The van der Waals surface area contributed by atoms with E-state index in [1.165, 1.54) is 15.4 Å². The van der Waals surface area contributed by atoms with Crippen LogP contribution >= 0.6 is 0 Å². The van der Waals surface area contributed by atoms with E-state index >= 15 is 0 Å². The molecule has 122 valence electrons. The molecule has 0 spiro atoms. The lowest BCUT2D eigenvalue weighted by molar-refractivity contribution is 0.319. The van der Waals surface area contributed by atoms with Gasteiger partial charge < -0.3 is 0 Å². The molecule has 0 N–H and O–H groups in total. The third kappa shape index (κ3) is 2.92. The van der Waals surface area contributed by atoms with Gasteiger partial charge in [0.1, 0.15) is 0 Å². The van der Waals surface area contributed by atoms with Crippen molar-refractivity contribution in [3.8, 4) is 0 Å². The molecule has 0 fully saturated rings. The van der Waals surface area contributed by atoms with Gasteiger partial charge >= 0.3 is 0 Å². The highest BCUT2D eigenvalue weighted by molar-refractivity contribution is 7.86. The van der Waals surface area contributed by atoms with Gasteiger partial charge in [-0.2, -0.15) is 17.0 Å². The monoisotopic (exact) mass is 330 g/mol. The first kappa shape index (κ1) is 16.2. The number of nitrogens with zero attached hydrogens (tertiary/aromatic N) is 2. The topological polar surface area (TPSA) is 40.6 Å². The number of rotatable bonds is 3. The highest BCUT2D eigenvalue weighted by Gasteiger charge is 2.37. The summed E-state index contributed by atoms with van der Waals surface area (Å²) in [5.41, 5.74) is 4.53. The number of hydrogen-bond acceptors (Lipinski definition) is 2. The molecule has 0 bridgehead atoms. The van der Waals surface area contributed by atoms with Crippen LogP contribution in [0.5, 0.6) is 0 Å². The van der Waals surface area contributed by atoms with E-state index in [4.69, 9.17) is 0 Å². The van der Waals surface area contributed by atoms with Gasteiger partial charge in [0.25, 0.3) is 10.2 Å². The Bertz CT molecular complexity index is 801. The van der Waals surface area contributed by atoms with E-state index in [2.05, 4.69) is 25.1 Å². The van der Waals surface area contributed by atoms with Gasteiger partial charge in [0.15, 0.2) is 0 Å². The minimum atomic E-state index is -3.48. The van der Waals surface area contributed by atoms with Crippen molar-refractivity contribution in [2.24, 2.45) is 0 Å². The molecule has 1 aliphatic heterocycles. The first-order valence-electron chi connectivity index (χ1n) is 7.75. The van der Waals surface area contributed by atoms with Gasteiger partial charge in [-0.05, 0) is 30.0 Å². The molecular formula is C18H22N2O2S. The van der Waals surface area contributed by atoms with Crippen molar-refractivity contribution in [1.29, 1.82) is 0 Å². The Hall–Kier alpha value is -1.69. The summed E-state index contributed by atoms with van der Waals surface area (Å²) in [7, 11) is -0.313. The average Bonchev–Trinajstić information content (AvgIpc) is 2.54. The number of aryl methyl sites for hydroxylation is 1. The Kier molecular flexibility index (Phi) is 4.27. The van der Waals surface area contributed by atoms with Crippen LogP contribution in [0.4, 0.5) is 0 Å². The van der Waals surface area contributed by atoms with Crippen LogP contribution in [0.15, 0.2) is 48.5 Å². The molecule has 0 saturated heterocycles. The van der Waals surface area contributed by atoms with Crippen molar-refractivity contribution in [2.75, 3.05) is 20.6 Å². The maximum absolute atomic E-state index is 12.8. The molecule has 0 radical (unpaired) electrons. The average molecular weight is 330 g/mol. The Balaban J connectivity index is 2.18.